The largest absolute Gasteiger partial charge is 0.465 e. The summed E-state index contributed by atoms with van der Waals surface area (Å²) >= 11 is 0. The van der Waals surface area contributed by atoms with Gasteiger partial charge in [-0.15, -0.1) is 0 Å². The first-order valence-electron chi connectivity index (χ1n) is 4.83. The molecule has 0 bridgehead atoms. The molecule has 3 nitrogen and oxygen atoms in total. The number of rotatable bonds is 4. The maximum absolute atomic E-state index is 11.7. The van der Waals surface area contributed by atoms with Gasteiger partial charge < -0.3 is 4.74 Å². The molecule has 1 aromatic rings. The lowest BCUT2D eigenvalue weighted by Gasteiger charge is -2.04. The van der Waals surface area contributed by atoms with Crippen molar-refractivity contribution in [3.63, 3.8) is 0 Å². The van der Waals surface area contributed by atoms with Crippen LogP contribution in [0.1, 0.15) is 29.3 Å². The topological polar surface area (TPSA) is 43.4 Å². The number of benzene rings is 1. The van der Waals surface area contributed by atoms with Gasteiger partial charge in [0.25, 0.3) is 0 Å². The van der Waals surface area contributed by atoms with Gasteiger partial charge in [-0.2, -0.15) is 0 Å². The van der Waals surface area contributed by atoms with Crippen molar-refractivity contribution in [3.05, 3.63) is 35.4 Å². The first kappa shape index (κ1) is 11.4. The minimum absolute atomic E-state index is 0.00866. The van der Waals surface area contributed by atoms with Crippen LogP contribution in [0.4, 0.5) is 0 Å². The normalized spacial score (nSPS) is 9.73. The summed E-state index contributed by atoms with van der Waals surface area (Å²) in [5.41, 5.74) is 1.65. The summed E-state index contributed by atoms with van der Waals surface area (Å²) in [6.45, 7) is 3.37. The Bertz CT molecular complexity index is 369. The Kier molecular flexibility index (Phi) is 4.03. The van der Waals surface area contributed by atoms with Crippen LogP contribution in [0.3, 0.4) is 0 Å². The van der Waals surface area contributed by atoms with Crippen LogP contribution in [-0.2, 0) is 9.53 Å². The summed E-state index contributed by atoms with van der Waals surface area (Å²) in [6, 6.07) is 7.38. The van der Waals surface area contributed by atoms with E-state index in [0.717, 1.165) is 5.56 Å². The standard InChI is InChI=1S/C12H14O3/c1-9-5-3-4-6-11(9)12(14)7-8-15-10(2)13/h3-6H,7-8H2,1-2H3. The quantitative estimate of drug-likeness (QED) is 0.560. The van der Waals surface area contributed by atoms with Crippen molar-refractivity contribution in [3.8, 4) is 0 Å². The highest BCUT2D eigenvalue weighted by Gasteiger charge is 2.08. The molecule has 3 heteroatoms. The molecule has 0 fully saturated rings. The Morgan fingerprint density at radius 1 is 1.27 bits per heavy atom. The van der Waals surface area contributed by atoms with Crippen LogP contribution in [0.15, 0.2) is 24.3 Å². The zero-order chi connectivity index (χ0) is 11.3. The molecule has 0 saturated carbocycles. The van der Waals surface area contributed by atoms with E-state index in [2.05, 4.69) is 0 Å². The van der Waals surface area contributed by atoms with Crippen LogP contribution in [-0.4, -0.2) is 18.4 Å². The van der Waals surface area contributed by atoms with Gasteiger partial charge in [0.05, 0.1) is 6.61 Å². The number of hydrogen-bond donors (Lipinski definition) is 0. The molecule has 0 amide bonds. The number of aryl methyl sites for hydroxylation is 1. The molecule has 0 saturated heterocycles. The lowest BCUT2D eigenvalue weighted by atomic mass is 10.0. The van der Waals surface area contributed by atoms with Gasteiger partial charge in [-0.3, -0.25) is 9.59 Å². The number of ketones is 1. The van der Waals surface area contributed by atoms with E-state index in [-0.39, 0.29) is 24.8 Å². The van der Waals surface area contributed by atoms with Gasteiger partial charge >= 0.3 is 5.97 Å². The number of ether oxygens (including phenoxy) is 1. The molecule has 0 atom stereocenters. The average Bonchev–Trinajstić information content (AvgIpc) is 2.17. The van der Waals surface area contributed by atoms with Crippen molar-refractivity contribution in [1.82, 2.24) is 0 Å². The highest BCUT2D eigenvalue weighted by molar-refractivity contribution is 5.97. The van der Waals surface area contributed by atoms with Crippen molar-refractivity contribution in [2.75, 3.05) is 6.61 Å². The molecule has 1 aromatic carbocycles. The predicted octanol–water partition coefficient (Wildman–Crippen LogP) is 2.13. The van der Waals surface area contributed by atoms with Crippen LogP contribution < -0.4 is 0 Å². The zero-order valence-electron chi connectivity index (χ0n) is 8.95. The fourth-order valence-electron chi connectivity index (χ4n) is 1.31. The minimum Gasteiger partial charge on any atom is -0.465 e. The molecular formula is C12H14O3. The van der Waals surface area contributed by atoms with Gasteiger partial charge in [0, 0.05) is 18.9 Å². The lowest BCUT2D eigenvalue weighted by molar-refractivity contribution is -0.140. The van der Waals surface area contributed by atoms with E-state index >= 15 is 0 Å². The van der Waals surface area contributed by atoms with Crippen molar-refractivity contribution in [2.45, 2.75) is 20.3 Å². The van der Waals surface area contributed by atoms with Gasteiger partial charge in [0.15, 0.2) is 5.78 Å². The molecule has 15 heavy (non-hydrogen) atoms. The molecule has 0 aromatic heterocycles. The summed E-state index contributed by atoms with van der Waals surface area (Å²) in [6.07, 6.45) is 0.241. The molecule has 0 unspecified atom stereocenters. The predicted molar refractivity (Wildman–Crippen MR) is 56.8 cm³/mol. The van der Waals surface area contributed by atoms with E-state index in [1.807, 2.05) is 25.1 Å². The summed E-state index contributed by atoms with van der Waals surface area (Å²) in [5, 5.41) is 0. The van der Waals surface area contributed by atoms with E-state index in [4.69, 9.17) is 4.74 Å². The van der Waals surface area contributed by atoms with Crippen molar-refractivity contribution in [1.29, 1.82) is 0 Å². The molecule has 0 N–H and O–H groups in total. The van der Waals surface area contributed by atoms with Gasteiger partial charge in [-0.05, 0) is 12.5 Å². The van der Waals surface area contributed by atoms with E-state index in [1.165, 1.54) is 6.92 Å². The van der Waals surface area contributed by atoms with Gasteiger partial charge in [0.2, 0.25) is 0 Å². The van der Waals surface area contributed by atoms with E-state index in [1.54, 1.807) is 6.07 Å². The van der Waals surface area contributed by atoms with Gasteiger partial charge in [0.1, 0.15) is 0 Å². The first-order chi connectivity index (χ1) is 7.11. The maximum Gasteiger partial charge on any atom is 0.302 e. The number of carbonyl (C=O) groups is 2. The molecule has 0 spiro atoms. The third-order valence-electron chi connectivity index (χ3n) is 2.08. The fraction of sp³-hybridized carbons (Fsp3) is 0.333. The van der Waals surface area contributed by atoms with Crippen LogP contribution in [0, 0.1) is 6.92 Å². The molecule has 0 heterocycles. The van der Waals surface area contributed by atoms with Crippen molar-refractivity contribution >= 4 is 11.8 Å². The second kappa shape index (κ2) is 5.29. The van der Waals surface area contributed by atoms with Crippen LogP contribution >= 0.6 is 0 Å². The first-order valence-corrected chi connectivity index (χ1v) is 4.83. The lowest BCUT2D eigenvalue weighted by Crippen LogP contribution is -2.08. The second-order valence-corrected chi connectivity index (χ2v) is 3.33. The molecule has 0 radical (unpaired) electrons. The fourth-order valence-corrected chi connectivity index (χ4v) is 1.31. The van der Waals surface area contributed by atoms with Crippen molar-refractivity contribution in [2.24, 2.45) is 0 Å². The molecule has 80 valence electrons. The summed E-state index contributed by atoms with van der Waals surface area (Å²) in [7, 11) is 0. The second-order valence-electron chi connectivity index (χ2n) is 3.33. The number of carbonyl (C=O) groups excluding carboxylic acids is 2. The zero-order valence-corrected chi connectivity index (χ0v) is 8.95. The van der Waals surface area contributed by atoms with Crippen molar-refractivity contribution < 1.29 is 14.3 Å². The van der Waals surface area contributed by atoms with Crippen LogP contribution in [0.2, 0.25) is 0 Å². The average molecular weight is 206 g/mol. The Morgan fingerprint density at radius 2 is 1.93 bits per heavy atom. The monoisotopic (exact) mass is 206 g/mol. The molecule has 0 aliphatic rings. The number of hydrogen-bond acceptors (Lipinski definition) is 3. The van der Waals surface area contributed by atoms with Crippen LogP contribution in [0.25, 0.3) is 0 Å². The molecule has 0 aliphatic carbocycles. The van der Waals surface area contributed by atoms with Gasteiger partial charge in [-0.25, -0.2) is 0 Å². The highest BCUT2D eigenvalue weighted by Crippen LogP contribution is 2.09. The highest BCUT2D eigenvalue weighted by atomic mass is 16.5. The summed E-state index contributed by atoms with van der Waals surface area (Å²) < 4.78 is 4.71. The Morgan fingerprint density at radius 3 is 2.53 bits per heavy atom. The number of Topliss-reactive ketones (excluding diaryl/α,β-unsaturated/α-hetero) is 1. The SMILES string of the molecule is CC(=O)OCCC(=O)c1ccccc1C. The van der Waals surface area contributed by atoms with E-state index in [9.17, 15) is 9.59 Å². The summed E-state index contributed by atoms with van der Waals surface area (Å²) in [5.74, 6) is -0.345. The van der Waals surface area contributed by atoms with Crippen LogP contribution in [0.5, 0.6) is 0 Å². The van der Waals surface area contributed by atoms with E-state index in [0.29, 0.717) is 5.56 Å². The minimum atomic E-state index is -0.354. The molecule has 0 aliphatic heterocycles. The smallest absolute Gasteiger partial charge is 0.302 e. The molecular weight excluding hydrogens is 192 g/mol. The number of esters is 1. The maximum atomic E-state index is 11.7. The van der Waals surface area contributed by atoms with E-state index < -0.39 is 0 Å². The van der Waals surface area contributed by atoms with Gasteiger partial charge in [-0.1, -0.05) is 24.3 Å². The third-order valence-corrected chi connectivity index (χ3v) is 2.08. The Hall–Kier alpha value is -1.64. The Labute approximate surface area is 89.1 Å². The Balaban J connectivity index is 2.54. The molecule has 1 rings (SSSR count). The summed E-state index contributed by atoms with van der Waals surface area (Å²) in [4.78, 5) is 22.2. The third kappa shape index (κ3) is 3.54.